The van der Waals surface area contributed by atoms with Crippen LogP contribution in [-0.2, 0) is 11.3 Å². The minimum absolute atomic E-state index is 0.196. The van der Waals surface area contributed by atoms with Crippen molar-refractivity contribution >= 4 is 17.5 Å². The first-order valence-electron chi connectivity index (χ1n) is 8.30. The van der Waals surface area contributed by atoms with Crippen LogP contribution in [0.3, 0.4) is 0 Å². The molecule has 144 valence electrons. The first kappa shape index (κ1) is 19.1. The molecule has 8 heteroatoms. The molecule has 0 atom stereocenters. The number of para-hydroxylation sites is 1. The summed E-state index contributed by atoms with van der Waals surface area (Å²) in [5.74, 6) is -2.33. The molecule has 1 aromatic heterocycles. The normalized spacial score (nSPS) is 10.4. The molecule has 6 nitrogen and oxygen atoms in total. The Morgan fingerprint density at radius 3 is 2.61 bits per heavy atom. The molecule has 0 saturated heterocycles. The van der Waals surface area contributed by atoms with Crippen LogP contribution in [0.2, 0.25) is 0 Å². The molecule has 0 aliphatic rings. The fourth-order valence-corrected chi connectivity index (χ4v) is 2.39. The highest BCUT2D eigenvalue weighted by molar-refractivity contribution is 6.03. The molecule has 3 aromatic rings. The van der Waals surface area contributed by atoms with Gasteiger partial charge in [-0.2, -0.15) is 0 Å². The summed E-state index contributed by atoms with van der Waals surface area (Å²) in [4.78, 5) is 24.5. The van der Waals surface area contributed by atoms with Gasteiger partial charge in [0.05, 0.1) is 24.1 Å². The fraction of sp³-hybridized carbons (Fsp3) is 0.100. The molecule has 1 heterocycles. The number of carbonyl (C=O) groups excluding carboxylic acids is 2. The third kappa shape index (κ3) is 4.94. The van der Waals surface area contributed by atoms with Gasteiger partial charge in [0, 0.05) is 6.07 Å². The Kier molecular flexibility index (Phi) is 6.01. The van der Waals surface area contributed by atoms with E-state index in [4.69, 9.17) is 9.15 Å². The number of hydrogen-bond acceptors (Lipinski definition) is 4. The number of halogens is 2. The van der Waals surface area contributed by atoms with E-state index in [2.05, 4.69) is 10.6 Å². The zero-order valence-electron chi connectivity index (χ0n) is 14.6. The van der Waals surface area contributed by atoms with E-state index >= 15 is 0 Å². The van der Waals surface area contributed by atoms with Crippen LogP contribution in [0.4, 0.5) is 14.5 Å². The van der Waals surface area contributed by atoms with E-state index < -0.39 is 30.1 Å². The van der Waals surface area contributed by atoms with Gasteiger partial charge in [-0.05, 0) is 36.4 Å². The van der Waals surface area contributed by atoms with Gasteiger partial charge in [0.25, 0.3) is 11.8 Å². The van der Waals surface area contributed by atoms with E-state index in [-0.39, 0.29) is 23.5 Å². The average molecular weight is 386 g/mol. The number of nitrogens with one attached hydrogen (secondary N) is 2. The maximum Gasteiger partial charge on any atom is 0.262 e. The molecule has 0 spiro atoms. The zero-order chi connectivity index (χ0) is 19.9. The number of furan rings is 1. The molecule has 0 bridgehead atoms. The summed E-state index contributed by atoms with van der Waals surface area (Å²) < 4.78 is 36.6. The molecular weight excluding hydrogens is 370 g/mol. The van der Waals surface area contributed by atoms with Crippen molar-refractivity contribution < 1.29 is 27.5 Å². The number of benzene rings is 2. The predicted molar refractivity (Wildman–Crippen MR) is 96.8 cm³/mol. The highest BCUT2D eigenvalue weighted by atomic mass is 19.1. The Morgan fingerprint density at radius 2 is 1.86 bits per heavy atom. The van der Waals surface area contributed by atoms with E-state index in [0.29, 0.717) is 11.8 Å². The molecular formula is C20H16F2N2O4. The fourth-order valence-electron chi connectivity index (χ4n) is 2.39. The molecule has 28 heavy (non-hydrogen) atoms. The number of amides is 2. The van der Waals surface area contributed by atoms with Gasteiger partial charge in [-0.3, -0.25) is 9.59 Å². The van der Waals surface area contributed by atoms with Crippen LogP contribution in [0.15, 0.2) is 65.3 Å². The number of anilines is 1. The van der Waals surface area contributed by atoms with E-state index in [9.17, 15) is 18.4 Å². The van der Waals surface area contributed by atoms with E-state index in [0.717, 1.165) is 12.1 Å². The van der Waals surface area contributed by atoms with E-state index in [1.807, 2.05) is 0 Å². The van der Waals surface area contributed by atoms with Gasteiger partial charge in [0.15, 0.2) is 18.2 Å². The minimum atomic E-state index is -0.912. The molecule has 0 radical (unpaired) electrons. The smallest absolute Gasteiger partial charge is 0.262 e. The highest BCUT2D eigenvalue weighted by Gasteiger charge is 2.14. The van der Waals surface area contributed by atoms with Crippen LogP contribution < -0.4 is 15.4 Å². The second-order valence-electron chi connectivity index (χ2n) is 5.72. The Labute approximate surface area is 159 Å². The van der Waals surface area contributed by atoms with Crippen LogP contribution in [0.1, 0.15) is 16.1 Å². The second-order valence-corrected chi connectivity index (χ2v) is 5.72. The van der Waals surface area contributed by atoms with E-state index in [1.54, 1.807) is 36.4 Å². The Morgan fingerprint density at radius 1 is 1.04 bits per heavy atom. The lowest BCUT2D eigenvalue weighted by Gasteiger charge is -2.12. The Bertz CT molecular complexity index is 974. The summed E-state index contributed by atoms with van der Waals surface area (Å²) in [5, 5.41) is 5.23. The summed E-state index contributed by atoms with van der Waals surface area (Å²) in [6.07, 6.45) is 1.50. The molecule has 3 rings (SSSR count). The number of hydrogen-bond donors (Lipinski definition) is 2. The van der Waals surface area contributed by atoms with Crippen LogP contribution in [0.5, 0.6) is 5.75 Å². The maximum absolute atomic E-state index is 13.5. The van der Waals surface area contributed by atoms with Crippen LogP contribution in [0.25, 0.3) is 0 Å². The number of rotatable bonds is 7. The number of ether oxygens (including phenoxy) is 1. The largest absolute Gasteiger partial charge is 0.481 e. The van der Waals surface area contributed by atoms with E-state index in [1.165, 1.54) is 6.26 Å². The minimum Gasteiger partial charge on any atom is -0.481 e. The molecule has 2 amide bonds. The van der Waals surface area contributed by atoms with Gasteiger partial charge in [-0.1, -0.05) is 12.1 Å². The van der Waals surface area contributed by atoms with Gasteiger partial charge in [0.1, 0.15) is 11.6 Å². The molecule has 2 N–H and O–H groups in total. The third-order valence-electron chi connectivity index (χ3n) is 3.70. The molecule has 2 aromatic carbocycles. The summed E-state index contributed by atoms with van der Waals surface area (Å²) in [6.45, 7) is -0.314. The highest BCUT2D eigenvalue weighted by Crippen LogP contribution is 2.18. The molecule has 0 aliphatic carbocycles. The van der Waals surface area contributed by atoms with Gasteiger partial charge in [-0.25, -0.2) is 8.78 Å². The lowest BCUT2D eigenvalue weighted by molar-refractivity contribution is -0.118. The van der Waals surface area contributed by atoms with Crippen LogP contribution in [0, 0.1) is 11.6 Å². The van der Waals surface area contributed by atoms with Crippen molar-refractivity contribution in [3.05, 3.63) is 83.8 Å². The lowest BCUT2D eigenvalue weighted by Crippen LogP contribution is -2.26. The standard InChI is InChI=1S/C20H16F2N2O4/c21-13-7-8-18(16(22)10-13)28-12-19(25)24-17-6-2-1-5-15(17)20(26)23-11-14-4-3-9-27-14/h1-10H,11-12H2,(H,23,26)(H,24,25). The van der Waals surface area contributed by atoms with Crippen molar-refractivity contribution in [2.45, 2.75) is 6.54 Å². The molecule has 0 saturated carbocycles. The Balaban J connectivity index is 1.60. The monoisotopic (exact) mass is 386 g/mol. The quantitative estimate of drug-likeness (QED) is 0.651. The lowest BCUT2D eigenvalue weighted by atomic mass is 10.1. The van der Waals surface area contributed by atoms with Crippen molar-refractivity contribution in [2.24, 2.45) is 0 Å². The SMILES string of the molecule is O=C(COc1ccc(F)cc1F)Nc1ccccc1C(=O)NCc1ccco1. The first-order chi connectivity index (χ1) is 13.5. The van der Waals surface area contributed by atoms with Gasteiger partial charge >= 0.3 is 0 Å². The van der Waals surface area contributed by atoms with Crippen LogP contribution in [-0.4, -0.2) is 18.4 Å². The van der Waals surface area contributed by atoms with Crippen molar-refractivity contribution in [3.8, 4) is 5.75 Å². The maximum atomic E-state index is 13.5. The molecule has 0 aliphatic heterocycles. The Hall–Kier alpha value is -3.68. The van der Waals surface area contributed by atoms with Gasteiger partial charge < -0.3 is 19.8 Å². The van der Waals surface area contributed by atoms with Crippen LogP contribution >= 0.6 is 0 Å². The summed E-state index contributed by atoms with van der Waals surface area (Å²) in [5.41, 5.74) is 0.517. The van der Waals surface area contributed by atoms with Gasteiger partial charge in [-0.15, -0.1) is 0 Å². The summed E-state index contributed by atoms with van der Waals surface area (Å²) in [7, 11) is 0. The molecule has 0 fully saturated rings. The van der Waals surface area contributed by atoms with Crippen molar-refractivity contribution in [1.29, 1.82) is 0 Å². The van der Waals surface area contributed by atoms with Crippen molar-refractivity contribution in [1.82, 2.24) is 5.32 Å². The van der Waals surface area contributed by atoms with Gasteiger partial charge in [0.2, 0.25) is 0 Å². The molecule has 0 unspecified atom stereocenters. The average Bonchev–Trinajstić information content (AvgIpc) is 3.19. The number of carbonyl (C=O) groups is 2. The van der Waals surface area contributed by atoms with Crippen molar-refractivity contribution in [3.63, 3.8) is 0 Å². The predicted octanol–water partition coefficient (Wildman–Crippen LogP) is 3.51. The third-order valence-corrected chi connectivity index (χ3v) is 3.70. The second kappa shape index (κ2) is 8.81. The van der Waals surface area contributed by atoms with Crippen molar-refractivity contribution in [2.75, 3.05) is 11.9 Å². The zero-order valence-corrected chi connectivity index (χ0v) is 14.6. The topological polar surface area (TPSA) is 80.6 Å². The summed E-state index contributed by atoms with van der Waals surface area (Å²) >= 11 is 0. The first-order valence-corrected chi connectivity index (χ1v) is 8.30. The summed E-state index contributed by atoms with van der Waals surface area (Å²) in [6, 6.07) is 12.6.